The van der Waals surface area contributed by atoms with Gasteiger partial charge >= 0.3 is 0 Å². The Balaban J connectivity index is 1.97. The highest BCUT2D eigenvalue weighted by Crippen LogP contribution is 1.36. The molecule has 1 nitrogen and oxygen atoms in total. The van der Waals surface area contributed by atoms with Crippen molar-refractivity contribution in [2.75, 3.05) is 0 Å². The van der Waals surface area contributed by atoms with Crippen LogP contribution in [0.4, 0.5) is 0 Å². The van der Waals surface area contributed by atoms with Gasteiger partial charge in [0.2, 0.25) is 0 Å². The quantitative estimate of drug-likeness (QED) is 0.319. The molecule has 0 bridgehead atoms. The molecule has 0 heterocycles. The van der Waals surface area contributed by atoms with Crippen molar-refractivity contribution in [2.24, 2.45) is 0 Å². The first-order valence-corrected chi connectivity index (χ1v) is 8.45. The van der Waals surface area contributed by atoms with E-state index < -0.39 is 0 Å². The monoisotopic (exact) mass is 108 g/mol. The highest BCUT2D eigenvalue weighted by molar-refractivity contribution is 6.86. The molecule has 0 rings (SSSR count). The molecule has 0 saturated heterocycles. The van der Waals surface area contributed by atoms with Crippen LogP contribution in [0.3, 0.4) is 0 Å². The summed E-state index contributed by atoms with van der Waals surface area (Å²) in [6, 6.07) is 0. The van der Waals surface area contributed by atoms with Gasteiger partial charge in [0.15, 0.2) is 0 Å². The molecule has 0 radical (unpaired) electrons. The third-order valence-electron chi connectivity index (χ3n) is 0.289. The first-order chi connectivity index (χ1) is 1.91. The molecule has 4 heteroatoms. The fraction of sp³-hybridized carbons (Fsp3) is 0. The minimum absolute atomic E-state index is 0.125. The van der Waals surface area contributed by atoms with Crippen molar-refractivity contribution in [3.63, 3.8) is 0 Å². The van der Waals surface area contributed by atoms with E-state index in [1.165, 1.54) is 9.76 Å². The van der Waals surface area contributed by atoms with Gasteiger partial charge in [-0.05, 0) is 0 Å². The van der Waals surface area contributed by atoms with Crippen molar-refractivity contribution in [2.45, 2.75) is 0 Å². The zero-order chi connectivity index (χ0) is 3.41. The van der Waals surface area contributed by atoms with Gasteiger partial charge < -0.3 is 4.12 Å². The molecule has 0 saturated carbocycles. The Bertz CT molecular complexity index is 5.25. The minimum atomic E-state index is 0.125. The van der Waals surface area contributed by atoms with Crippen LogP contribution in [0.5, 0.6) is 0 Å². The number of rotatable bonds is 1. The SMILES string of the molecule is [SiH3]O[SiH2][SiH3]. The van der Waals surface area contributed by atoms with Crippen LogP contribution in [0.15, 0.2) is 0 Å². The van der Waals surface area contributed by atoms with Gasteiger partial charge in [-0.15, -0.1) is 0 Å². The van der Waals surface area contributed by atoms with Crippen molar-refractivity contribution in [3.05, 3.63) is 0 Å². The van der Waals surface area contributed by atoms with Crippen LogP contribution < -0.4 is 0 Å². The van der Waals surface area contributed by atoms with Gasteiger partial charge in [-0.3, -0.25) is 0 Å². The van der Waals surface area contributed by atoms with Crippen molar-refractivity contribution >= 4 is 29.5 Å². The molecule has 0 atom stereocenters. The lowest BCUT2D eigenvalue weighted by Crippen LogP contribution is -1.90. The molecule has 0 unspecified atom stereocenters. The van der Waals surface area contributed by atoms with E-state index in [1.54, 1.807) is 0 Å². The summed E-state index contributed by atoms with van der Waals surface area (Å²) in [6.07, 6.45) is 0. The van der Waals surface area contributed by atoms with Crippen LogP contribution in [-0.2, 0) is 4.12 Å². The Labute approximate surface area is 34.4 Å². The summed E-state index contributed by atoms with van der Waals surface area (Å²) in [5.74, 6) is 0. The number of hydrogen-bond acceptors (Lipinski definition) is 1. The van der Waals surface area contributed by atoms with E-state index in [2.05, 4.69) is 0 Å². The third-order valence-corrected chi connectivity index (χ3v) is 7.79. The average molecular weight is 108 g/mol. The van der Waals surface area contributed by atoms with Gasteiger partial charge in [-0.25, -0.2) is 0 Å². The molecule has 0 spiro atoms. The van der Waals surface area contributed by atoms with Crippen molar-refractivity contribution in [3.8, 4) is 0 Å². The molecular weight excluding hydrogens is 100 g/mol. The summed E-state index contributed by atoms with van der Waals surface area (Å²) in [7, 11) is 2.45. The van der Waals surface area contributed by atoms with E-state index in [1.807, 2.05) is 0 Å². The van der Waals surface area contributed by atoms with Gasteiger partial charge in [0.05, 0.1) is 0 Å². The molecule has 0 aromatic rings. The summed E-state index contributed by atoms with van der Waals surface area (Å²) in [4.78, 5) is 0. The van der Waals surface area contributed by atoms with E-state index in [4.69, 9.17) is 4.12 Å². The molecule has 0 aliphatic heterocycles. The maximum absolute atomic E-state index is 4.88. The number of hydrogen-bond donors (Lipinski definition) is 0. The van der Waals surface area contributed by atoms with Crippen LogP contribution in [0.1, 0.15) is 0 Å². The predicted molar refractivity (Wildman–Crippen MR) is 29.5 cm³/mol. The van der Waals surface area contributed by atoms with Crippen LogP contribution >= 0.6 is 0 Å². The molecule has 0 aliphatic rings. The van der Waals surface area contributed by atoms with E-state index in [9.17, 15) is 0 Å². The molecule has 0 aliphatic carbocycles. The fourth-order valence-electron chi connectivity index (χ4n) is 0. The molecule has 4 heavy (non-hydrogen) atoms. The van der Waals surface area contributed by atoms with Crippen LogP contribution in [0, 0.1) is 0 Å². The normalized spacial score (nSPS) is 12.0. The second-order valence-electron chi connectivity index (χ2n) is 0.577. The smallest absolute Gasteiger partial charge is 0.129 e. The maximum atomic E-state index is 4.88. The Hall–Kier alpha value is 0.611. The van der Waals surface area contributed by atoms with Gasteiger partial charge in [0.25, 0.3) is 0 Å². The zero-order valence-corrected chi connectivity index (χ0v) is 8.53. The topological polar surface area (TPSA) is 9.23 Å². The van der Waals surface area contributed by atoms with E-state index in [0.717, 1.165) is 10.5 Å². The second kappa shape index (κ2) is 3.61. The summed E-state index contributed by atoms with van der Waals surface area (Å²) in [5, 5.41) is 0. The van der Waals surface area contributed by atoms with Gasteiger partial charge in [-0.1, -0.05) is 0 Å². The summed E-state index contributed by atoms with van der Waals surface area (Å²) in [5.41, 5.74) is 0. The minimum Gasteiger partial charge on any atom is -0.471 e. The van der Waals surface area contributed by atoms with Gasteiger partial charge in [0.1, 0.15) is 19.8 Å². The zero-order valence-electron chi connectivity index (χ0n) is 3.12. The maximum Gasteiger partial charge on any atom is 0.129 e. The van der Waals surface area contributed by atoms with Crippen molar-refractivity contribution in [1.82, 2.24) is 0 Å². The molecule has 0 amide bonds. The van der Waals surface area contributed by atoms with Crippen LogP contribution in [0.2, 0.25) is 0 Å². The third kappa shape index (κ3) is 2.61. The van der Waals surface area contributed by atoms with Gasteiger partial charge in [-0.2, -0.15) is 0 Å². The van der Waals surface area contributed by atoms with Crippen molar-refractivity contribution in [1.29, 1.82) is 0 Å². The van der Waals surface area contributed by atoms with Gasteiger partial charge in [0, 0.05) is 9.76 Å². The Morgan fingerprint density at radius 2 is 2.00 bits per heavy atom. The first kappa shape index (κ1) is 4.61. The molecule has 26 valence electrons. The van der Waals surface area contributed by atoms with E-state index >= 15 is 0 Å². The van der Waals surface area contributed by atoms with E-state index in [-0.39, 0.29) is 9.28 Å². The highest BCUT2D eigenvalue weighted by Gasteiger charge is 1.55. The molecule has 0 aromatic carbocycles. The molecule has 0 N–H and O–H groups in total. The predicted octanol–water partition coefficient (Wildman–Crippen LogP) is -3.35. The summed E-state index contributed by atoms with van der Waals surface area (Å²) in [6.45, 7) is 0. The standard InChI is InChI=1S/H8OSi3/c2-1-4-3/h4H2,2-3H3. The first-order valence-electron chi connectivity index (χ1n) is 1.40. The Morgan fingerprint density at radius 3 is 2.00 bits per heavy atom. The highest BCUT2D eigenvalue weighted by atomic mass is 29.1. The van der Waals surface area contributed by atoms with E-state index in [0.29, 0.717) is 0 Å². The second-order valence-corrected chi connectivity index (χ2v) is 5.20. The Morgan fingerprint density at radius 1 is 1.75 bits per heavy atom. The molecule has 0 aromatic heterocycles. The summed E-state index contributed by atoms with van der Waals surface area (Å²) < 4.78 is 4.88. The van der Waals surface area contributed by atoms with Crippen LogP contribution in [0.25, 0.3) is 0 Å². The van der Waals surface area contributed by atoms with Crippen molar-refractivity contribution < 1.29 is 4.12 Å². The lowest BCUT2D eigenvalue weighted by Gasteiger charge is -1.76. The largest absolute Gasteiger partial charge is 0.471 e. The average Bonchev–Trinajstić information content (AvgIpc) is 1.37. The molecular formula is H8OSi3. The lowest BCUT2D eigenvalue weighted by molar-refractivity contribution is 0.683. The Kier molecular flexibility index (Phi) is 4.16. The molecule has 0 fully saturated rings. The fourth-order valence-corrected chi connectivity index (χ4v) is 0. The lowest BCUT2D eigenvalue weighted by atomic mass is 15.8. The summed E-state index contributed by atoms with van der Waals surface area (Å²) >= 11 is 0. The van der Waals surface area contributed by atoms with Crippen LogP contribution in [-0.4, -0.2) is 29.5 Å².